The van der Waals surface area contributed by atoms with Gasteiger partial charge in [0.25, 0.3) is 0 Å². The van der Waals surface area contributed by atoms with Gasteiger partial charge in [-0.15, -0.1) is 0 Å². The normalized spacial score (nSPS) is 14.2. The first-order chi connectivity index (χ1) is 25.3. The Morgan fingerprint density at radius 3 is 2.17 bits per heavy atom. The summed E-state index contributed by atoms with van der Waals surface area (Å²) in [5.41, 5.74) is 7.62. The van der Waals surface area contributed by atoms with E-state index in [1.54, 1.807) is 52.0 Å². The fourth-order valence-corrected chi connectivity index (χ4v) is 6.60. The summed E-state index contributed by atoms with van der Waals surface area (Å²) >= 11 is 12.0. The molecule has 2 amide bonds. The number of aliphatic hydroxyl groups is 1. The standard InChI is InChI=1S/C16H15ClFNO.C15H10ClFN2.C8H14N2O4/c17-15-5-4-10(6-7-20)16(19-15)12-8-11-2-1-3-14(18)13(11)9-12;16-14-5-4-9-6-7-19-12-3-1-2-11(17)10(12)8-13(19)15(9)18-14;1-5(2)13-7(11)9-10-8(12)14-6(3)4/h1-5,12,20H,6-9H2;1-5,8H,6-7H2;5-6H,1-4H3. The van der Waals surface area contributed by atoms with Crippen molar-refractivity contribution in [3.63, 3.8) is 0 Å². The second kappa shape index (κ2) is 17.8. The third kappa shape index (κ3) is 10.0. The van der Waals surface area contributed by atoms with Gasteiger partial charge in [0.1, 0.15) is 21.9 Å². The Morgan fingerprint density at radius 2 is 1.51 bits per heavy atom. The van der Waals surface area contributed by atoms with E-state index in [1.165, 1.54) is 17.7 Å². The predicted molar refractivity (Wildman–Crippen MR) is 199 cm³/mol. The number of aliphatic hydroxyl groups excluding tert-OH is 1. The van der Waals surface area contributed by atoms with Crippen LogP contribution in [-0.4, -0.2) is 50.6 Å². The van der Waals surface area contributed by atoms with Crippen LogP contribution in [0.2, 0.25) is 10.3 Å². The predicted octanol–water partition coefficient (Wildman–Crippen LogP) is 9.87. The largest absolute Gasteiger partial charge is 0.452 e. The van der Waals surface area contributed by atoms with E-state index in [0.29, 0.717) is 28.5 Å². The van der Waals surface area contributed by atoms with E-state index >= 15 is 0 Å². The summed E-state index contributed by atoms with van der Waals surface area (Å²) < 4.78 is 39.0. The summed E-state index contributed by atoms with van der Waals surface area (Å²) in [6.07, 6.45) is 0.486. The van der Waals surface area contributed by atoms with Crippen LogP contribution in [-0.2, 0) is 41.7 Å². The molecule has 7 rings (SSSR count). The zero-order valence-corrected chi connectivity index (χ0v) is 31.2. The molecule has 2 aliphatic rings. The first kappa shape index (κ1) is 39.4. The van der Waals surface area contributed by atoms with E-state index in [2.05, 4.69) is 34.2 Å². The molecule has 5 aromatic rings. The summed E-state index contributed by atoms with van der Waals surface area (Å²) in [6, 6.07) is 19.7. The smallest absolute Gasteiger partial charge is 0.444 e. The maximum Gasteiger partial charge on any atom is 0.452 e. The third-order valence-corrected chi connectivity index (χ3v) is 8.87. The molecule has 0 saturated carbocycles. The summed E-state index contributed by atoms with van der Waals surface area (Å²) in [4.78, 5) is 30.3. The van der Waals surface area contributed by atoms with Crippen LogP contribution >= 0.6 is 23.2 Å². The number of rotatable bonds is 5. The number of carbonyl (C=O) groups excluding carboxylic acids is 2. The Bertz CT molecular complexity index is 2120. The van der Waals surface area contributed by atoms with Crippen molar-refractivity contribution in [3.05, 3.63) is 117 Å². The van der Waals surface area contributed by atoms with Crippen LogP contribution in [0.25, 0.3) is 22.3 Å². The number of aromatic nitrogens is 3. The van der Waals surface area contributed by atoms with Gasteiger partial charge in [-0.05, 0) is 112 Å². The highest BCUT2D eigenvalue weighted by molar-refractivity contribution is 6.29. The molecule has 0 fully saturated rings. The van der Waals surface area contributed by atoms with Gasteiger partial charge < -0.3 is 19.1 Å². The lowest BCUT2D eigenvalue weighted by Gasteiger charge is -2.19. The molecule has 0 spiro atoms. The van der Waals surface area contributed by atoms with Crippen LogP contribution in [0.3, 0.4) is 0 Å². The fraction of sp³-hybridized carbons (Fsp3) is 0.333. The third-order valence-electron chi connectivity index (χ3n) is 8.45. The second-order valence-electron chi connectivity index (χ2n) is 12.9. The number of nitrogens with zero attached hydrogens (tertiary/aromatic N) is 5. The lowest BCUT2D eigenvalue weighted by molar-refractivity contribution is 0.115. The highest BCUT2D eigenvalue weighted by atomic mass is 35.5. The number of benzene rings is 2. The molecular weight excluding hydrogens is 727 g/mol. The maximum absolute atomic E-state index is 13.9. The van der Waals surface area contributed by atoms with Crippen LogP contribution in [0, 0.1) is 11.6 Å². The van der Waals surface area contributed by atoms with Crippen LogP contribution in [0.5, 0.6) is 0 Å². The second-order valence-corrected chi connectivity index (χ2v) is 13.7. The monoisotopic (exact) mass is 765 g/mol. The number of amides is 2. The minimum atomic E-state index is -0.902. The highest BCUT2D eigenvalue weighted by Gasteiger charge is 2.28. The summed E-state index contributed by atoms with van der Waals surface area (Å²) in [7, 11) is 0. The fourth-order valence-electron chi connectivity index (χ4n) is 6.30. The molecule has 1 N–H and O–H groups in total. The summed E-state index contributed by atoms with van der Waals surface area (Å²) in [5.74, 6) is -0.194. The molecule has 1 aliphatic heterocycles. The van der Waals surface area contributed by atoms with Gasteiger partial charge in [0.2, 0.25) is 0 Å². The Hall–Kier alpha value is -4.78. The molecule has 0 radical (unpaired) electrons. The maximum atomic E-state index is 13.9. The van der Waals surface area contributed by atoms with E-state index in [0.717, 1.165) is 58.7 Å². The molecule has 53 heavy (non-hydrogen) atoms. The molecule has 1 unspecified atom stereocenters. The van der Waals surface area contributed by atoms with Gasteiger partial charge in [-0.2, -0.15) is 0 Å². The Kier molecular flexibility index (Phi) is 13.3. The van der Waals surface area contributed by atoms with Crippen molar-refractivity contribution in [2.75, 3.05) is 6.61 Å². The number of aryl methyl sites for hydroxylation is 2. The first-order valence-corrected chi connectivity index (χ1v) is 17.9. The minimum absolute atomic E-state index is 0.0738. The average molecular weight is 767 g/mol. The summed E-state index contributed by atoms with van der Waals surface area (Å²) in [6.45, 7) is 7.59. The first-order valence-electron chi connectivity index (χ1n) is 17.1. The Balaban J connectivity index is 0.000000156. The number of halogens is 4. The van der Waals surface area contributed by atoms with Gasteiger partial charge in [-0.1, -0.05) is 63.8 Å². The topological polar surface area (TPSA) is 128 Å². The lowest BCUT2D eigenvalue weighted by Crippen LogP contribution is -2.11. The average Bonchev–Trinajstić information content (AvgIpc) is 3.72. The number of carbonyl (C=O) groups is 2. The zero-order chi connectivity index (χ0) is 38.2. The number of hydrogen-bond acceptors (Lipinski definition) is 7. The van der Waals surface area contributed by atoms with Gasteiger partial charge in [-0.3, -0.25) is 0 Å². The number of azo groups is 1. The molecule has 0 bridgehead atoms. The molecular formula is C39H39Cl2F2N5O5. The van der Waals surface area contributed by atoms with Crippen molar-refractivity contribution in [1.82, 2.24) is 14.5 Å². The van der Waals surface area contributed by atoms with E-state index in [9.17, 15) is 18.4 Å². The molecule has 278 valence electrons. The molecule has 1 atom stereocenters. The molecule has 1 aliphatic carbocycles. The quantitative estimate of drug-likeness (QED) is 0.139. The molecule has 10 nitrogen and oxygen atoms in total. The van der Waals surface area contributed by atoms with Crippen LogP contribution in [0.1, 0.15) is 61.6 Å². The Morgan fingerprint density at radius 1 is 0.868 bits per heavy atom. The van der Waals surface area contributed by atoms with Crippen LogP contribution in [0.4, 0.5) is 18.4 Å². The number of hydrogen-bond donors (Lipinski definition) is 1. The van der Waals surface area contributed by atoms with Gasteiger partial charge >= 0.3 is 12.2 Å². The van der Waals surface area contributed by atoms with Crippen molar-refractivity contribution in [3.8, 4) is 11.4 Å². The van der Waals surface area contributed by atoms with E-state index in [-0.39, 0.29) is 36.4 Å². The van der Waals surface area contributed by atoms with Gasteiger partial charge in [0.05, 0.1) is 29.1 Å². The van der Waals surface area contributed by atoms with Crippen LogP contribution < -0.4 is 0 Å². The number of fused-ring (bicyclic) bond motifs is 6. The van der Waals surface area contributed by atoms with Crippen molar-refractivity contribution in [1.29, 1.82) is 0 Å². The van der Waals surface area contributed by atoms with Crippen molar-refractivity contribution in [2.24, 2.45) is 10.2 Å². The zero-order valence-electron chi connectivity index (χ0n) is 29.7. The van der Waals surface area contributed by atoms with E-state index in [1.807, 2.05) is 30.3 Å². The SMILES string of the molecule is CC(C)OC(=O)N=NC(=O)OC(C)C.Fc1cccc2c1cc1n2CCc2ccc(Cl)nc2-1.OCCc1ccc(Cl)nc1C1Cc2cccc(F)c2C1. The van der Waals surface area contributed by atoms with Gasteiger partial charge in [0.15, 0.2) is 0 Å². The Labute approximate surface area is 315 Å². The molecule has 4 heterocycles. The molecule has 2 aromatic carbocycles. The van der Waals surface area contributed by atoms with Crippen molar-refractivity contribution in [2.45, 2.75) is 78.0 Å². The van der Waals surface area contributed by atoms with Gasteiger partial charge in [-0.25, -0.2) is 28.3 Å². The van der Waals surface area contributed by atoms with Crippen LogP contribution in [0.15, 0.2) is 77.0 Å². The van der Waals surface area contributed by atoms with E-state index in [4.69, 9.17) is 28.3 Å². The van der Waals surface area contributed by atoms with Crippen molar-refractivity contribution < 1.29 is 33.0 Å². The number of pyridine rings is 2. The molecule has 3 aromatic heterocycles. The molecule has 0 saturated heterocycles. The lowest BCUT2D eigenvalue weighted by atomic mass is 9.96. The molecule has 14 heteroatoms. The van der Waals surface area contributed by atoms with E-state index < -0.39 is 12.2 Å². The summed E-state index contributed by atoms with van der Waals surface area (Å²) in [5, 5.41) is 16.7. The van der Waals surface area contributed by atoms with Crippen molar-refractivity contribution >= 4 is 46.3 Å². The minimum Gasteiger partial charge on any atom is -0.444 e. The van der Waals surface area contributed by atoms with Gasteiger partial charge in [0, 0.05) is 30.1 Å². The number of ether oxygens (including phenoxy) is 2. The highest BCUT2D eigenvalue weighted by Crippen LogP contribution is 2.37.